The summed E-state index contributed by atoms with van der Waals surface area (Å²) in [5.41, 5.74) is 4.61. The first kappa shape index (κ1) is 23.7. The third kappa shape index (κ3) is 4.76. The fourth-order valence-electron chi connectivity index (χ4n) is 5.20. The van der Waals surface area contributed by atoms with Crippen molar-refractivity contribution in [3.05, 3.63) is 59.7 Å². The van der Waals surface area contributed by atoms with Crippen LogP contribution in [0.25, 0.3) is 11.1 Å². The van der Waals surface area contributed by atoms with Gasteiger partial charge in [0.15, 0.2) is 0 Å². The van der Waals surface area contributed by atoms with Crippen LogP contribution in [0.5, 0.6) is 0 Å². The second kappa shape index (κ2) is 9.93. The number of hydrogen-bond donors (Lipinski definition) is 2. The Bertz CT molecular complexity index is 1090. The van der Waals surface area contributed by atoms with E-state index in [9.17, 15) is 19.5 Å². The van der Waals surface area contributed by atoms with E-state index in [1.54, 1.807) is 16.7 Å². The number of carboxylic acid groups (broad SMARTS) is 1. The third-order valence-electron chi connectivity index (χ3n) is 7.21. The number of fused-ring (bicyclic) bond motifs is 3. The van der Waals surface area contributed by atoms with E-state index in [0.29, 0.717) is 18.1 Å². The largest absolute Gasteiger partial charge is 0.480 e. The van der Waals surface area contributed by atoms with Gasteiger partial charge in [0.25, 0.3) is 0 Å². The average molecular weight is 495 g/mol. The number of nitrogens with one attached hydrogen (secondary N) is 1. The summed E-state index contributed by atoms with van der Waals surface area (Å²) in [7, 11) is 0. The van der Waals surface area contributed by atoms with Crippen LogP contribution in [-0.2, 0) is 14.3 Å². The lowest BCUT2D eigenvalue weighted by Gasteiger charge is -2.29. The Kier molecular flexibility index (Phi) is 6.73. The van der Waals surface area contributed by atoms with Crippen molar-refractivity contribution in [3.8, 4) is 11.1 Å². The van der Waals surface area contributed by atoms with Crippen LogP contribution in [0.1, 0.15) is 49.7 Å². The fraction of sp³-hybridized carbons (Fsp3) is 0.444. The lowest BCUT2D eigenvalue weighted by atomic mass is 9.98. The molecule has 2 N–H and O–H groups in total. The van der Waals surface area contributed by atoms with Gasteiger partial charge >= 0.3 is 12.1 Å². The number of alkyl carbamates (subject to hydrolysis) is 1. The van der Waals surface area contributed by atoms with Gasteiger partial charge in [-0.2, -0.15) is 0 Å². The zero-order valence-corrected chi connectivity index (χ0v) is 20.5. The van der Waals surface area contributed by atoms with Gasteiger partial charge in [0.2, 0.25) is 5.91 Å². The summed E-state index contributed by atoms with van der Waals surface area (Å²) in [5.74, 6) is -0.425. The second-order valence-corrected chi connectivity index (χ2v) is 10.6. The maximum atomic E-state index is 13.2. The van der Waals surface area contributed by atoms with Crippen LogP contribution >= 0.6 is 11.8 Å². The first-order chi connectivity index (χ1) is 17.0. The number of carboxylic acids is 1. The molecule has 1 saturated heterocycles. The highest BCUT2D eigenvalue weighted by Crippen LogP contribution is 2.46. The monoisotopic (exact) mass is 494 g/mol. The Hall–Kier alpha value is -3.00. The summed E-state index contributed by atoms with van der Waals surface area (Å²) in [6, 6.07) is 15.1. The molecule has 2 aromatic carbocycles. The number of benzene rings is 2. The normalized spacial score (nSPS) is 21.8. The van der Waals surface area contributed by atoms with Crippen LogP contribution in [0, 0.1) is 5.92 Å². The molecule has 1 aliphatic heterocycles. The van der Waals surface area contributed by atoms with Gasteiger partial charge in [0.05, 0.1) is 5.37 Å². The number of thioether (sulfide) groups is 1. The van der Waals surface area contributed by atoms with Crippen molar-refractivity contribution >= 4 is 29.7 Å². The molecule has 2 fully saturated rings. The van der Waals surface area contributed by atoms with Crippen molar-refractivity contribution in [3.63, 3.8) is 0 Å². The number of carbonyl (C=O) groups is 3. The molecule has 0 spiro atoms. The molecule has 0 bridgehead atoms. The predicted octanol–water partition coefficient (Wildman–Crippen LogP) is 4.46. The highest BCUT2D eigenvalue weighted by molar-refractivity contribution is 8.00. The van der Waals surface area contributed by atoms with Crippen molar-refractivity contribution < 1.29 is 24.2 Å². The lowest BCUT2D eigenvalue weighted by Crippen LogP contribution is -2.48. The van der Waals surface area contributed by atoms with Crippen LogP contribution in [0.3, 0.4) is 0 Å². The first-order valence-corrected chi connectivity index (χ1v) is 13.3. The molecule has 3 aliphatic rings. The van der Waals surface area contributed by atoms with Crippen LogP contribution in [0.2, 0.25) is 0 Å². The Labute approximate surface area is 209 Å². The second-order valence-electron chi connectivity index (χ2n) is 9.50. The van der Waals surface area contributed by atoms with E-state index >= 15 is 0 Å². The van der Waals surface area contributed by atoms with E-state index in [-0.39, 0.29) is 30.2 Å². The van der Waals surface area contributed by atoms with Gasteiger partial charge in [-0.05, 0) is 47.4 Å². The van der Waals surface area contributed by atoms with E-state index < -0.39 is 24.1 Å². The molecule has 3 atom stereocenters. The van der Waals surface area contributed by atoms with Crippen LogP contribution in [-0.4, -0.2) is 57.8 Å². The highest BCUT2D eigenvalue weighted by Gasteiger charge is 2.48. The number of nitrogens with zero attached hydrogens (tertiary/aromatic N) is 1. The predicted molar refractivity (Wildman–Crippen MR) is 134 cm³/mol. The van der Waals surface area contributed by atoms with Gasteiger partial charge in [0.1, 0.15) is 12.6 Å². The molecule has 35 heavy (non-hydrogen) atoms. The average Bonchev–Trinajstić information content (AvgIpc) is 3.52. The molecule has 184 valence electrons. The first-order valence-electron chi connectivity index (χ1n) is 12.2. The van der Waals surface area contributed by atoms with Gasteiger partial charge in [-0.25, -0.2) is 9.59 Å². The smallest absolute Gasteiger partial charge is 0.407 e. The standard InChI is InChI=1S/C27H30N2O5S/c1-2-17(13-24(30)29-23(26(31)32)15-35-25(29)16-11-12-16)28-27(33)34-14-22-20-9-5-3-7-18(20)19-8-4-6-10-21(19)22/h3-10,16-17,22-23,25H,2,11-15H2,1H3,(H,28,33)(H,31,32)/t17-,23?,25?/m1/s1. The van der Waals surface area contributed by atoms with Gasteiger partial charge in [-0.15, -0.1) is 11.8 Å². The summed E-state index contributed by atoms with van der Waals surface area (Å²) in [6.07, 6.45) is 2.11. The van der Waals surface area contributed by atoms with Crippen LogP contribution in [0.15, 0.2) is 48.5 Å². The molecule has 0 radical (unpaired) electrons. The van der Waals surface area contributed by atoms with Crippen LogP contribution in [0.4, 0.5) is 4.79 Å². The molecule has 7 nitrogen and oxygen atoms in total. The molecular weight excluding hydrogens is 464 g/mol. The number of rotatable bonds is 8. The molecule has 1 saturated carbocycles. The Morgan fingerprint density at radius 1 is 1.09 bits per heavy atom. The number of amides is 2. The minimum atomic E-state index is -0.966. The molecule has 2 amide bonds. The molecule has 2 aliphatic carbocycles. The van der Waals surface area contributed by atoms with E-state index in [1.807, 2.05) is 31.2 Å². The van der Waals surface area contributed by atoms with Gasteiger partial charge < -0.3 is 20.1 Å². The number of ether oxygens (including phenoxy) is 1. The van der Waals surface area contributed by atoms with Crippen LogP contribution < -0.4 is 5.32 Å². The van der Waals surface area contributed by atoms with Gasteiger partial charge in [0, 0.05) is 24.1 Å². The van der Waals surface area contributed by atoms with Crippen molar-refractivity contribution in [1.82, 2.24) is 10.2 Å². The zero-order chi connectivity index (χ0) is 24.5. The van der Waals surface area contributed by atoms with E-state index in [2.05, 4.69) is 29.6 Å². The summed E-state index contributed by atoms with van der Waals surface area (Å²) in [6.45, 7) is 2.10. The quantitative estimate of drug-likeness (QED) is 0.563. The lowest BCUT2D eigenvalue weighted by molar-refractivity contribution is -0.149. The van der Waals surface area contributed by atoms with E-state index in [0.717, 1.165) is 35.1 Å². The molecular formula is C27H30N2O5S. The molecule has 2 aromatic rings. The topological polar surface area (TPSA) is 95.9 Å². The number of carbonyl (C=O) groups excluding carboxylic acids is 2. The fourth-order valence-corrected chi connectivity index (χ4v) is 6.85. The van der Waals surface area contributed by atoms with Crippen molar-refractivity contribution in [1.29, 1.82) is 0 Å². The van der Waals surface area contributed by atoms with Gasteiger partial charge in [-0.1, -0.05) is 55.5 Å². The van der Waals surface area contributed by atoms with Gasteiger partial charge in [-0.3, -0.25) is 4.79 Å². The maximum Gasteiger partial charge on any atom is 0.407 e. The maximum absolute atomic E-state index is 13.2. The summed E-state index contributed by atoms with van der Waals surface area (Å²) in [4.78, 5) is 39.1. The summed E-state index contributed by atoms with van der Waals surface area (Å²) in [5, 5.41) is 12.4. The molecule has 8 heteroatoms. The number of aliphatic carboxylic acids is 1. The Balaban J connectivity index is 1.20. The number of hydrogen-bond acceptors (Lipinski definition) is 5. The Morgan fingerprint density at radius 2 is 1.71 bits per heavy atom. The minimum Gasteiger partial charge on any atom is -0.480 e. The Morgan fingerprint density at radius 3 is 2.29 bits per heavy atom. The highest BCUT2D eigenvalue weighted by atomic mass is 32.2. The molecule has 5 rings (SSSR count). The van der Waals surface area contributed by atoms with Crippen molar-refractivity contribution in [2.75, 3.05) is 12.4 Å². The summed E-state index contributed by atoms with van der Waals surface area (Å²) < 4.78 is 5.63. The molecule has 1 heterocycles. The van der Waals surface area contributed by atoms with E-state index in [4.69, 9.17) is 4.74 Å². The van der Waals surface area contributed by atoms with E-state index in [1.165, 1.54) is 0 Å². The third-order valence-corrected chi connectivity index (χ3v) is 8.67. The SMILES string of the molecule is CC[C@H](CC(=O)N1C(C(=O)O)CSC1C1CC1)NC(=O)OCC1c2ccccc2-c2ccccc21. The molecule has 0 aromatic heterocycles. The molecule has 2 unspecified atom stereocenters. The zero-order valence-electron chi connectivity index (χ0n) is 19.7. The van der Waals surface area contributed by atoms with Crippen molar-refractivity contribution in [2.24, 2.45) is 5.92 Å². The minimum absolute atomic E-state index is 0.0351. The summed E-state index contributed by atoms with van der Waals surface area (Å²) >= 11 is 1.56. The van der Waals surface area contributed by atoms with Crippen molar-refractivity contribution in [2.45, 2.75) is 56.0 Å².